The molecule has 0 bridgehead atoms. The molecule has 0 saturated carbocycles. The van der Waals surface area contributed by atoms with Crippen LogP contribution in [0.15, 0.2) is 9.59 Å². The Hall–Kier alpha value is -0.920. The number of H-pyrrole nitrogens is 2. The summed E-state index contributed by atoms with van der Waals surface area (Å²) >= 11 is 0. The number of nitrogens with zero attached hydrogens (tertiary/aromatic N) is 1. The average molecular weight is 180 g/mol. The Morgan fingerprint density at radius 1 is 1.33 bits per heavy atom. The number of nitrogens with one attached hydrogen (secondary N) is 2. The van der Waals surface area contributed by atoms with E-state index in [9.17, 15) is 14.4 Å². The van der Waals surface area contributed by atoms with Crippen LogP contribution >= 0.6 is 0 Å². The summed E-state index contributed by atoms with van der Waals surface area (Å²) in [5.74, 6) is -2.12. The van der Waals surface area contributed by atoms with Crippen molar-refractivity contribution in [2.75, 3.05) is 0 Å². The molecule has 1 heterocycles. The van der Waals surface area contributed by atoms with Crippen LogP contribution in [0.5, 0.6) is 0 Å². The molecule has 12 heavy (non-hydrogen) atoms. The molecule has 0 aromatic carbocycles. The van der Waals surface area contributed by atoms with E-state index in [1.54, 1.807) is 4.98 Å². The number of carboxylic acid groups (broad SMARTS) is 1. The molecule has 0 aliphatic rings. The summed E-state index contributed by atoms with van der Waals surface area (Å²) in [6.45, 7) is 0. The molecule has 0 atom stereocenters. The van der Waals surface area contributed by atoms with Crippen LogP contribution in [-0.4, -0.2) is 55.6 Å². The van der Waals surface area contributed by atoms with Crippen LogP contribution in [0.4, 0.5) is 0 Å². The van der Waals surface area contributed by atoms with Crippen molar-refractivity contribution in [2.24, 2.45) is 0 Å². The van der Waals surface area contributed by atoms with Gasteiger partial charge in [0.05, 0.1) is 0 Å². The molecule has 1 rings (SSSR count). The fourth-order valence-electron chi connectivity index (χ4n) is 0.495. The zero-order chi connectivity index (χ0) is 8.43. The first-order valence-electron chi connectivity index (χ1n) is 2.53. The van der Waals surface area contributed by atoms with E-state index in [2.05, 4.69) is 4.98 Å². The van der Waals surface area contributed by atoms with E-state index < -0.39 is 23.2 Å². The zero-order valence-electron chi connectivity index (χ0n) is 6.12. The van der Waals surface area contributed by atoms with E-state index in [1.807, 2.05) is 4.98 Å². The maximum Gasteiger partial charge on any atom is 0.372 e. The molecule has 7 nitrogen and oxygen atoms in total. The van der Waals surface area contributed by atoms with Gasteiger partial charge in [-0.15, -0.1) is 0 Å². The molecule has 8 heteroatoms. The molecule has 0 saturated heterocycles. The number of aromatic amines is 2. The van der Waals surface area contributed by atoms with Crippen molar-refractivity contribution < 1.29 is 9.90 Å². The Kier molecular flexibility index (Phi) is 3.87. The maximum absolute atomic E-state index is 10.4. The summed E-state index contributed by atoms with van der Waals surface area (Å²) in [6, 6.07) is 0. The van der Waals surface area contributed by atoms with E-state index in [0.717, 1.165) is 0 Å². The van der Waals surface area contributed by atoms with Crippen molar-refractivity contribution in [3.63, 3.8) is 0 Å². The van der Waals surface area contributed by atoms with Crippen LogP contribution in [0.3, 0.4) is 0 Å². The van der Waals surface area contributed by atoms with Crippen molar-refractivity contribution in [3.05, 3.63) is 26.8 Å². The molecule has 0 unspecified atom stereocenters. The summed E-state index contributed by atoms with van der Waals surface area (Å²) in [7, 11) is 0. The number of hydrogen-bond donors (Lipinski definition) is 3. The van der Waals surface area contributed by atoms with Crippen LogP contribution in [0.2, 0.25) is 0 Å². The van der Waals surface area contributed by atoms with Gasteiger partial charge in [-0.3, -0.25) is 9.97 Å². The molecule has 0 amide bonds. The largest absolute Gasteiger partial charge is 0.475 e. The first kappa shape index (κ1) is 11.1. The van der Waals surface area contributed by atoms with Gasteiger partial charge in [0.2, 0.25) is 5.82 Å². The van der Waals surface area contributed by atoms with Gasteiger partial charge >= 0.3 is 17.3 Å². The third kappa shape index (κ3) is 2.61. The van der Waals surface area contributed by atoms with E-state index in [-0.39, 0.29) is 29.6 Å². The summed E-state index contributed by atoms with van der Waals surface area (Å²) in [5, 5.41) is 8.25. The van der Waals surface area contributed by atoms with Gasteiger partial charge in [0, 0.05) is 29.6 Å². The average Bonchev–Trinajstić information content (AvgIpc) is 1.85. The number of aromatic carboxylic acids is 1. The topological polar surface area (TPSA) is 116 Å². The fraction of sp³-hybridized carbons (Fsp3) is 0. The molecule has 1 aromatic rings. The molecule has 1 radical (unpaired) electrons. The van der Waals surface area contributed by atoms with Crippen molar-refractivity contribution in [1.82, 2.24) is 15.0 Å². The summed E-state index contributed by atoms with van der Waals surface area (Å²) in [6.07, 6.45) is 0. The summed E-state index contributed by atoms with van der Waals surface area (Å²) in [5.41, 5.74) is -1.87. The molecular weight excluding hydrogens is 177 g/mol. The van der Waals surface area contributed by atoms with Crippen molar-refractivity contribution in [1.29, 1.82) is 0 Å². The normalized spacial score (nSPS) is 8.67. The molecule has 0 fully saturated rings. The van der Waals surface area contributed by atoms with E-state index in [1.165, 1.54) is 0 Å². The Labute approximate surface area is 87.1 Å². The van der Waals surface area contributed by atoms with E-state index >= 15 is 0 Å². The van der Waals surface area contributed by atoms with Gasteiger partial charge in [0.15, 0.2) is 0 Å². The molecule has 0 aliphatic heterocycles. The second kappa shape index (κ2) is 4.19. The molecular formula is C4H3N3NaO4. The predicted octanol–water partition coefficient (Wildman–Crippen LogP) is -2.22. The van der Waals surface area contributed by atoms with Gasteiger partial charge in [-0.25, -0.2) is 14.4 Å². The molecule has 1 aromatic heterocycles. The Morgan fingerprint density at radius 3 is 2.33 bits per heavy atom. The minimum Gasteiger partial charge on any atom is -0.475 e. The quantitative estimate of drug-likeness (QED) is 0.423. The van der Waals surface area contributed by atoms with Gasteiger partial charge in [-0.1, -0.05) is 0 Å². The third-order valence-corrected chi connectivity index (χ3v) is 0.868. The van der Waals surface area contributed by atoms with Crippen LogP contribution in [-0.2, 0) is 0 Å². The first-order valence-corrected chi connectivity index (χ1v) is 2.53. The van der Waals surface area contributed by atoms with Crippen molar-refractivity contribution >= 4 is 35.5 Å². The molecule has 0 aliphatic carbocycles. The number of aromatic nitrogens is 3. The third-order valence-electron chi connectivity index (χ3n) is 0.868. The number of rotatable bonds is 1. The number of hydrogen-bond acceptors (Lipinski definition) is 4. The Balaban J connectivity index is 0.00000121. The van der Waals surface area contributed by atoms with E-state index in [0.29, 0.717) is 0 Å². The smallest absolute Gasteiger partial charge is 0.372 e. The molecule has 3 N–H and O–H groups in total. The Bertz CT molecular complexity index is 366. The van der Waals surface area contributed by atoms with Crippen LogP contribution in [0.1, 0.15) is 10.6 Å². The van der Waals surface area contributed by atoms with Gasteiger partial charge in [0.1, 0.15) is 0 Å². The van der Waals surface area contributed by atoms with Gasteiger partial charge in [-0.2, -0.15) is 4.98 Å². The fourth-order valence-corrected chi connectivity index (χ4v) is 0.495. The monoisotopic (exact) mass is 180 g/mol. The summed E-state index contributed by atoms with van der Waals surface area (Å²) in [4.78, 5) is 37.4. The Morgan fingerprint density at radius 2 is 1.92 bits per heavy atom. The van der Waals surface area contributed by atoms with E-state index in [4.69, 9.17) is 5.11 Å². The zero-order valence-corrected chi connectivity index (χ0v) is 8.12. The number of carbonyl (C=O) groups is 1. The molecule has 59 valence electrons. The molecule has 0 spiro atoms. The van der Waals surface area contributed by atoms with Crippen LogP contribution in [0, 0.1) is 0 Å². The standard InChI is InChI=1S/C4H3N3O4.Na/c8-2(9)1-5-3(10)7-4(11)6-1;/h(H,8,9)(H2,5,6,7,10,11);. The second-order valence-electron chi connectivity index (χ2n) is 1.65. The number of carboxylic acids is 1. The predicted molar refractivity (Wildman–Crippen MR) is 38.2 cm³/mol. The van der Waals surface area contributed by atoms with Gasteiger partial charge < -0.3 is 5.11 Å². The van der Waals surface area contributed by atoms with Gasteiger partial charge in [0.25, 0.3) is 0 Å². The van der Waals surface area contributed by atoms with Crippen molar-refractivity contribution in [3.8, 4) is 0 Å². The second-order valence-corrected chi connectivity index (χ2v) is 1.65. The minimum atomic E-state index is -1.45. The van der Waals surface area contributed by atoms with Gasteiger partial charge in [-0.05, 0) is 0 Å². The minimum absolute atomic E-state index is 0. The van der Waals surface area contributed by atoms with Crippen LogP contribution in [0.25, 0.3) is 0 Å². The SMILES string of the molecule is O=C(O)c1nc(=O)[nH]c(=O)[nH]1.[Na]. The first-order chi connectivity index (χ1) is 5.09. The van der Waals surface area contributed by atoms with Crippen molar-refractivity contribution in [2.45, 2.75) is 0 Å². The van der Waals surface area contributed by atoms with Crippen LogP contribution < -0.4 is 11.4 Å². The maximum atomic E-state index is 10.4. The summed E-state index contributed by atoms with van der Waals surface area (Å²) < 4.78 is 0.